The minimum atomic E-state index is -0.251. The van der Waals surface area contributed by atoms with Crippen molar-refractivity contribution in [2.75, 3.05) is 0 Å². The van der Waals surface area contributed by atoms with Crippen LogP contribution in [0.25, 0.3) is 44.3 Å². The van der Waals surface area contributed by atoms with Gasteiger partial charge in [-0.25, -0.2) is 8.96 Å². The van der Waals surface area contributed by atoms with Gasteiger partial charge in [-0.3, -0.25) is 0 Å². The van der Waals surface area contributed by atoms with E-state index in [1.165, 1.54) is 5.56 Å². The monoisotopic (exact) mass is 477 g/mol. The Morgan fingerprint density at radius 1 is 0.889 bits per heavy atom. The molecule has 0 aliphatic heterocycles. The van der Waals surface area contributed by atoms with Crippen LogP contribution in [0.4, 0.5) is 4.39 Å². The fraction of sp³-hybridized carbons (Fsp3) is 0.250. The van der Waals surface area contributed by atoms with E-state index in [9.17, 15) is 9.65 Å². The molecule has 0 N–H and O–H groups in total. The summed E-state index contributed by atoms with van der Waals surface area (Å²) in [5.74, 6) is -0.251. The molecular weight excluding hydrogens is 447 g/mol. The van der Waals surface area contributed by atoms with E-state index in [0.29, 0.717) is 22.3 Å². The van der Waals surface area contributed by atoms with E-state index < -0.39 is 0 Å². The van der Waals surface area contributed by atoms with E-state index in [1.54, 1.807) is 19.2 Å². The largest absolute Gasteiger partial charge is 0.454 e. The molecule has 2 aromatic heterocycles. The van der Waals surface area contributed by atoms with Gasteiger partial charge >= 0.3 is 0 Å². The number of hydrogen-bond donors (Lipinski definition) is 0. The topological polar surface area (TPSA) is 40.8 Å². The molecule has 5 aromatic rings. The van der Waals surface area contributed by atoms with Crippen LogP contribution >= 0.6 is 0 Å². The zero-order valence-corrected chi connectivity index (χ0v) is 21.7. The third kappa shape index (κ3) is 4.05. The first-order valence-corrected chi connectivity index (χ1v) is 12.2. The second kappa shape index (κ2) is 8.60. The third-order valence-electron chi connectivity index (χ3n) is 6.78. The quantitative estimate of drug-likeness (QED) is 0.247. The molecule has 0 radical (unpaired) electrons. The van der Waals surface area contributed by atoms with Gasteiger partial charge in [0, 0.05) is 28.0 Å². The Labute approximate surface area is 211 Å². The first-order valence-electron chi connectivity index (χ1n) is 12.2. The van der Waals surface area contributed by atoms with Crippen molar-refractivity contribution in [2.45, 2.75) is 41.0 Å². The number of benzene rings is 3. The van der Waals surface area contributed by atoms with Gasteiger partial charge in [0.05, 0.1) is 17.2 Å². The third-order valence-corrected chi connectivity index (χ3v) is 6.78. The molecule has 0 saturated carbocycles. The fourth-order valence-electron chi connectivity index (χ4n) is 5.11. The lowest BCUT2D eigenvalue weighted by molar-refractivity contribution is -0.661. The van der Waals surface area contributed by atoms with Crippen molar-refractivity contribution >= 4 is 21.9 Å². The Balaban J connectivity index is 1.78. The van der Waals surface area contributed by atoms with Gasteiger partial charge in [-0.1, -0.05) is 57.2 Å². The van der Waals surface area contributed by atoms with E-state index in [-0.39, 0.29) is 11.2 Å². The minimum Gasteiger partial charge on any atom is -0.454 e. The van der Waals surface area contributed by atoms with Gasteiger partial charge in [0.1, 0.15) is 24.0 Å². The molecule has 3 aromatic carbocycles. The summed E-state index contributed by atoms with van der Waals surface area (Å²) in [4.78, 5) is 0. The highest BCUT2D eigenvalue weighted by Crippen LogP contribution is 2.42. The lowest BCUT2D eigenvalue weighted by Gasteiger charge is -2.18. The molecule has 0 atom stereocenters. The number of furan rings is 1. The van der Waals surface area contributed by atoms with Crippen LogP contribution in [-0.4, -0.2) is 0 Å². The number of aromatic nitrogens is 1. The lowest BCUT2D eigenvalue weighted by atomic mass is 9.87. The van der Waals surface area contributed by atoms with Gasteiger partial charge in [-0.05, 0) is 54.5 Å². The molecule has 0 aliphatic carbocycles. The zero-order valence-electron chi connectivity index (χ0n) is 21.7. The van der Waals surface area contributed by atoms with Crippen molar-refractivity contribution in [1.29, 1.82) is 5.26 Å². The summed E-state index contributed by atoms with van der Waals surface area (Å²) in [6.07, 6.45) is 2.77. The van der Waals surface area contributed by atoms with Gasteiger partial charge in [0.25, 0.3) is 0 Å². The van der Waals surface area contributed by atoms with Gasteiger partial charge in [-0.2, -0.15) is 5.26 Å². The summed E-state index contributed by atoms with van der Waals surface area (Å²) < 4.78 is 23.2. The number of hydrogen-bond acceptors (Lipinski definition) is 2. The molecular formula is C32H30FN2O+. The maximum absolute atomic E-state index is 14.6. The smallest absolute Gasteiger partial charge is 0.219 e. The van der Waals surface area contributed by atoms with Crippen LogP contribution in [-0.2, 0) is 13.5 Å². The number of pyridine rings is 1. The number of nitriles is 1. The van der Waals surface area contributed by atoms with Crippen molar-refractivity contribution in [3.05, 3.63) is 88.9 Å². The van der Waals surface area contributed by atoms with Crippen molar-refractivity contribution in [3.8, 4) is 28.5 Å². The van der Waals surface area contributed by atoms with Crippen LogP contribution in [0.5, 0.6) is 0 Å². The Kier molecular flexibility index (Phi) is 5.68. The summed E-state index contributed by atoms with van der Waals surface area (Å²) in [6.45, 7) is 10.4. The highest BCUT2D eigenvalue weighted by molar-refractivity contribution is 6.14. The van der Waals surface area contributed by atoms with E-state index in [0.717, 1.165) is 45.1 Å². The van der Waals surface area contributed by atoms with Crippen LogP contribution in [0.1, 0.15) is 43.0 Å². The SMILES string of the molecule is Cc1c[n+](C)c(-c2c(C)ccc3c2oc2c(-c4ccc(CC(C)(C)C)cc4)c(C#N)ccc23)cc1F. The summed E-state index contributed by atoms with van der Waals surface area (Å²) in [5, 5.41) is 11.8. The van der Waals surface area contributed by atoms with Crippen LogP contribution in [0.2, 0.25) is 0 Å². The number of halogens is 1. The van der Waals surface area contributed by atoms with Crippen molar-refractivity contribution in [1.82, 2.24) is 0 Å². The molecule has 0 saturated heterocycles. The molecule has 0 amide bonds. The Morgan fingerprint density at radius 3 is 2.17 bits per heavy atom. The molecule has 0 bridgehead atoms. The van der Waals surface area contributed by atoms with Crippen LogP contribution in [0, 0.1) is 36.4 Å². The zero-order chi connectivity index (χ0) is 25.8. The molecule has 2 heterocycles. The number of nitrogens with zero attached hydrogens (tertiary/aromatic N) is 2. The van der Waals surface area contributed by atoms with E-state index >= 15 is 0 Å². The first-order chi connectivity index (χ1) is 17.1. The summed E-state index contributed by atoms with van der Waals surface area (Å²) in [7, 11) is 1.92. The average Bonchev–Trinajstić information content (AvgIpc) is 3.19. The maximum Gasteiger partial charge on any atom is 0.219 e. The predicted molar refractivity (Wildman–Crippen MR) is 143 cm³/mol. The molecule has 0 fully saturated rings. The van der Waals surface area contributed by atoms with Crippen molar-refractivity contribution in [3.63, 3.8) is 0 Å². The Hall–Kier alpha value is -3.97. The molecule has 5 rings (SSSR count). The second-order valence-corrected chi connectivity index (χ2v) is 10.9. The molecule has 180 valence electrons. The highest BCUT2D eigenvalue weighted by atomic mass is 19.1. The van der Waals surface area contributed by atoms with Crippen molar-refractivity contribution in [2.24, 2.45) is 12.5 Å². The van der Waals surface area contributed by atoms with Gasteiger partial charge in [0.15, 0.2) is 6.20 Å². The first kappa shape index (κ1) is 23.8. The normalized spacial score (nSPS) is 11.8. The molecule has 3 nitrogen and oxygen atoms in total. The van der Waals surface area contributed by atoms with Gasteiger partial charge < -0.3 is 4.42 Å². The Bertz CT molecular complexity index is 1680. The fourth-order valence-corrected chi connectivity index (χ4v) is 5.11. The second-order valence-electron chi connectivity index (χ2n) is 10.9. The molecule has 0 aliphatic rings. The molecule has 0 spiro atoms. The predicted octanol–water partition coefficient (Wildman–Crippen LogP) is 7.96. The van der Waals surface area contributed by atoms with Crippen LogP contribution in [0.3, 0.4) is 0 Å². The molecule has 4 heteroatoms. The van der Waals surface area contributed by atoms with E-state index in [2.05, 4.69) is 51.1 Å². The van der Waals surface area contributed by atoms with Crippen LogP contribution in [0.15, 0.2) is 65.2 Å². The van der Waals surface area contributed by atoms with Gasteiger partial charge in [0.2, 0.25) is 5.69 Å². The van der Waals surface area contributed by atoms with E-state index in [1.807, 2.05) is 42.8 Å². The van der Waals surface area contributed by atoms with Gasteiger partial charge in [-0.15, -0.1) is 0 Å². The number of aryl methyl sites for hydroxylation is 3. The van der Waals surface area contributed by atoms with E-state index in [4.69, 9.17) is 4.42 Å². The molecule has 36 heavy (non-hydrogen) atoms. The minimum absolute atomic E-state index is 0.192. The molecule has 0 unspecified atom stereocenters. The summed E-state index contributed by atoms with van der Waals surface area (Å²) in [6, 6.07) is 20.2. The lowest BCUT2D eigenvalue weighted by Crippen LogP contribution is -2.31. The maximum atomic E-state index is 14.6. The summed E-state index contributed by atoms with van der Waals surface area (Å²) >= 11 is 0. The number of fused-ring (bicyclic) bond motifs is 3. The summed E-state index contributed by atoms with van der Waals surface area (Å²) in [5.41, 5.74) is 8.31. The average molecular weight is 478 g/mol. The number of rotatable bonds is 3. The van der Waals surface area contributed by atoms with Crippen molar-refractivity contribution < 1.29 is 13.4 Å². The van der Waals surface area contributed by atoms with Crippen LogP contribution < -0.4 is 4.57 Å². The Morgan fingerprint density at radius 2 is 1.53 bits per heavy atom. The highest BCUT2D eigenvalue weighted by Gasteiger charge is 2.24. The standard InChI is InChI=1S/C32H30FN2O/c1-19-7-13-24-25-14-12-23(17-34)29(22-10-8-21(9-11-22)16-32(3,4)5)31(25)36-30(24)28(19)27-15-26(33)20(2)18-35(27)6/h7-15,18H,16H2,1-6H3/q+1.